The van der Waals surface area contributed by atoms with Crippen LogP contribution in [0, 0.1) is 5.92 Å². The van der Waals surface area contributed by atoms with Gasteiger partial charge in [0, 0.05) is 5.57 Å². The largest absolute Gasteiger partial charge is 0.389 e. The SMILES string of the molecule is C=C1C(=O)OC(=O)C1C. The van der Waals surface area contributed by atoms with Gasteiger partial charge in [-0.05, 0) is 6.92 Å². The highest BCUT2D eigenvalue weighted by molar-refractivity contribution is 6.06. The molecule has 1 unspecified atom stereocenters. The molecule has 1 aliphatic heterocycles. The summed E-state index contributed by atoms with van der Waals surface area (Å²) < 4.78 is 4.21. The predicted octanol–water partition coefficient (Wildman–Crippen LogP) is 0.262. The summed E-state index contributed by atoms with van der Waals surface area (Å²) in [6, 6.07) is 0. The number of hydrogen-bond acceptors (Lipinski definition) is 3. The van der Waals surface area contributed by atoms with Crippen LogP contribution in [0.2, 0.25) is 0 Å². The van der Waals surface area contributed by atoms with Crippen LogP contribution in [0.3, 0.4) is 0 Å². The van der Waals surface area contributed by atoms with Crippen molar-refractivity contribution in [2.24, 2.45) is 5.92 Å². The van der Waals surface area contributed by atoms with Crippen LogP contribution >= 0.6 is 0 Å². The van der Waals surface area contributed by atoms with Crippen LogP contribution in [0.4, 0.5) is 0 Å². The average Bonchev–Trinajstić information content (AvgIpc) is 1.98. The van der Waals surface area contributed by atoms with Crippen LogP contribution in [0.5, 0.6) is 0 Å². The molecule has 1 heterocycles. The number of hydrogen-bond donors (Lipinski definition) is 0. The number of cyclic esters (lactones) is 2. The summed E-state index contributed by atoms with van der Waals surface area (Å²) in [5, 5.41) is 0. The van der Waals surface area contributed by atoms with Crippen molar-refractivity contribution in [2.45, 2.75) is 6.92 Å². The average molecular weight is 126 g/mol. The van der Waals surface area contributed by atoms with Crippen LogP contribution in [0.15, 0.2) is 12.2 Å². The third-order valence-corrected chi connectivity index (χ3v) is 1.33. The van der Waals surface area contributed by atoms with Crippen molar-refractivity contribution in [1.29, 1.82) is 0 Å². The Morgan fingerprint density at radius 1 is 1.56 bits per heavy atom. The van der Waals surface area contributed by atoms with Gasteiger partial charge in [-0.3, -0.25) is 4.79 Å². The standard InChI is InChI=1S/C6H6O3/c1-3-4(2)6(8)9-5(3)7/h4H,1H2,2H3. The van der Waals surface area contributed by atoms with E-state index in [1.54, 1.807) is 6.92 Å². The third-order valence-electron chi connectivity index (χ3n) is 1.33. The zero-order valence-corrected chi connectivity index (χ0v) is 5.01. The summed E-state index contributed by atoms with van der Waals surface area (Å²) in [5.41, 5.74) is 0.250. The topological polar surface area (TPSA) is 43.4 Å². The second kappa shape index (κ2) is 1.69. The molecule has 3 nitrogen and oxygen atoms in total. The van der Waals surface area contributed by atoms with Gasteiger partial charge in [-0.25, -0.2) is 4.79 Å². The zero-order chi connectivity index (χ0) is 7.02. The van der Waals surface area contributed by atoms with E-state index < -0.39 is 17.9 Å². The highest BCUT2D eigenvalue weighted by atomic mass is 16.6. The molecule has 0 saturated carbocycles. The fraction of sp³-hybridized carbons (Fsp3) is 0.333. The van der Waals surface area contributed by atoms with E-state index in [0.717, 1.165) is 0 Å². The van der Waals surface area contributed by atoms with Crippen LogP contribution in [-0.2, 0) is 14.3 Å². The van der Waals surface area contributed by atoms with Gasteiger partial charge in [-0.15, -0.1) is 0 Å². The Kier molecular flexibility index (Phi) is 1.12. The van der Waals surface area contributed by atoms with Gasteiger partial charge in [0.25, 0.3) is 0 Å². The Bertz CT molecular complexity index is 192. The molecule has 0 bridgehead atoms. The first-order valence-corrected chi connectivity index (χ1v) is 2.57. The van der Waals surface area contributed by atoms with Crippen molar-refractivity contribution in [3.63, 3.8) is 0 Å². The highest BCUT2D eigenvalue weighted by Gasteiger charge is 2.33. The molecular weight excluding hydrogens is 120 g/mol. The van der Waals surface area contributed by atoms with Gasteiger partial charge >= 0.3 is 11.9 Å². The molecule has 0 aromatic rings. The van der Waals surface area contributed by atoms with Crippen molar-refractivity contribution >= 4 is 11.9 Å². The minimum Gasteiger partial charge on any atom is -0.389 e. The molecule has 0 aromatic heterocycles. The number of carbonyl (C=O) groups is 2. The second-order valence-electron chi connectivity index (χ2n) is 1.96. The summed E-state index contributed by atoms with van der Waals surface area (Å²) in [4.78, 5) is 20.9. The van der Waals surface area contributed by atoms with E-state index in [1.165, 1.54) is 0 Å². The molecule has 1 rings (SSSR count). The number of esters is 2. The first-order valence-electron chi connectivity index (χ1n) is 2.57. The molecule has 1 atom stereocenters. The van der Waals surface area contributed by atoms with Crippen molar-refractivity contribution in [3.8, 4) is 0 Å². The number of ether oxygens (including phenoxy) is 1. The van der Waals surface area contributed by atoms with E-state index in [2.05, 4.69) is 11.3 Å². The Morgan fingerprint density at radius 3 is 2.22 bits per heavy atom. The molecule has 0 N–H and O–H groups in total. The maximum Gasteiger partial charge on any atom is 0.341 e. The molecule has 0 spiro atoms. The van der Waals surface area contributed by atoms with Crippen LogP contribution in [0.25, 0.3) is 0 Å². The van der Waals surface area contributed by atoms with Crippen LogP contribution in [-0.4, -0.2) is 11.9 Å². The van der Waals surface area contributed by atoms with Crippen molar-refractivity contribution in [3.05, 3.63) is 12.2 Å². The third kappa shape index (κ3) is 0.740. The Morgan fingerprint density at radius 2 is 2.11 bits per heavy atom. The predicted molar refractivity (Wildman–Crippen MR) is 29.4 cm³/mol. The minimum atomic E-state index is -0.590. The molecule has 1 aliphatic rings. The molecule has 0 radical (unpaired) electrons. The number of carbonyl (C=O) groups excluding carboxylic acids is 2. The quantitative estimate of drug-likeness (QED) is 0.265. The maximum atomic E-state index is 10.5. The van der Waals surface area contributed by atoms with Gasteiger partial charge in [0.05, 0.1) is 5.92 Å². The highest BCUT2D eigenvalue weighted by Crippen LogP contribution is 2.19. The van der Waals surface area contributed by atoms with E-state index in [9.17, 15) is 9.59 Å². The summed E-state index contributed by atoms with van der Waals surface area (Å²) in [6.45, 7) is 4.96. The van der Waals surface area contributed by atoms with Crippen molar-refractivity contribution < 1.29 is 14.3 Å². The molecule has 0 amide bonds. The van der Waals surface area contributed by atoms with E-state index >= 15 is 0 Å². The Labute approximate surface area is 52.3 Å². The Balaban J connectivity index is 2.90. The molecular formula is C6H6O3. The van der Waals surface area contributed by atoms with E-state index in [-0.39, 0.29) is 5.57 Å². The monoisotopic (exact) mass is 126 g/mol. The first-order chi connectivity index (χ1) is 4.13. The van der Waals surface area contributed by atoms with E-state index in [0.29, 0.717) is 0 Å². The van der Waals surface area contributed by atoms with E-state index in [4.69, 9.17) is 0 Å². The first kappa shape index (κ1) is 6.01. The number of rotatable bonds is 0. The normalized spacial score (nSPS) is 26.8. The molecule has 1 fully saturated rings. The lowest BCUT2D eigenvalue weighted by molar-refractivity contribution is -0.152. The minimum absolute atomic E-state index is 0.250. The van der Waals surface area contributed by atoms with Gasteiger partial charge in [0.2, 0.25) is 0 Å². The molecule has 0 aliphatic carbocycles. The summed E-state index contributed by atoms with van der Waals surface area (Å²) in [5.74, 6) is -1.53. The van der Waals surface area contributed by atoms with Gasteiger partial charge in [0.1, 0.15) is 0 Å². The van der Waals surface area contributed by atoms with Gasteiger partial charge in [0.15, 0.2) is 0 Å². The molecule has 3 heteroatoms. The fourth-order valence-corrected chi connectivity index (χ4v) is 0.564. The molecule has 1 saturated heterocycles. The van der Waals surface area contributed by atoms with Crippen LogP contribution < -0.4 is 0 Å². The van der Waals surface area contributed by atoms with Crippen LogP contribution in [0.1, 0.15) is 6.92 Å². The zero-order valence-electron chi connectivity index (χ0n) is 5.01. The lowest BCUT2D eigenvalue weighted by Crippen LogP contribution is -2.02. The second-order valence-corrected chi connectivity index (χ2v) is 1.96. The molecule has 0 aromatic carbocycles. The summed E-state index contributed by atoms with van der Waals surface area (Å²) in [6.07, 6.45) is 0. The summed E-state index contributed by atoms with van der Waals surface area (Å²) >= 11 is 0. The van der Waals surface area contributed by atoms with E-state index in [1.807, 2.05) is 0 Å². The van der Waals surface area contributed by atoms with Crippen molar-refractivity contribution in [1.82, 2.24) is 0 Å². The fourth-order valence-electron chi connectivity index (χ4n) is 0.564. The Hall–Kier alpha value is -1.12. The molecule has 48 valence electrons. The van der Waals surface area contributed by atoms with Gasteiger partial charge in [-0.2, -0.15) is 0 Å². The maximum absolute atomic E-state index is 10.5. The van der Waals surface area contributed by atoms with Crippen molar-refractivity contribution in [2.75, 3.05) is 0 Å². The van der Waals surface area contributed by atoms with Gasteiger partial charge < -0.3 is 4.74 Å². The lowest BCUT2D eigenvalue weighted by Gasteiger charge is -1.89. The lowest BCUT2D eigenvalue weighted by atomic mass is 10.1. The summed E-state index contributed by atoms with van der Waals surface area (Å²) in [7, 11) is 0. The smallest absolute Gasteiger partial charge is 0.341 e. The molecule has 9 heavy (non-hydrogen) atoms. The van der Waals surface area contributed by atoms with Gasteiger partial charge in [-0.1, -0.05) is 6.58 Å².